The van der Waals surface area contributed by atoms with Gasteiger partial charge >= 0.3 is 5.97 Å². The van der Waals surface area contributed by atoms with Crippen molar-refractivity contribution in [2.45, 2.75) is 24.8 Å². The van der Waals surface area contributed by atoms with Gasteiger partial charge in [-0.3, -0.25) is 4.79 Å². The van der Waals surface area contributed by atoms with Crippen molar-refractivity contribution >= 4 is 15.8 Å². The van der Waals surface area contributed by atoms with Gasteiger partial charge in [-0.1, -0.05) is 13.0 Å². The van der Waals surface area contributed by atoms with Gasteiger partial charge in [-0.05, 0) is 31.7 Å². The number of rotatable bonds is 8. The van der Waals surface area contributed by atoms with Gasteiger partial charge in [-0.15, -0.1) is 0 Å². The van der Waals surface area contributed by atoms with E-state index < -0.39 is 21.8 Å². The topological polar surface area (TPSA) is 81.7 Å². The highest BCUT2D eigenvalue weighted by Gasteiger charge is 2.19. The Labute approximate surface area is 125 Å². The maximum atomic E-state index is 11.7. The number of benzene rings is 1. The van der Waals surface area contributed by atoms with Crippen molar-refractivity contribution in [3.63, 3.8) is 0 Å². The molecule has 0 amide bonds. The number of carbonyl (C=O) groups is 1. The first-order valence-corrected chi connectivity index (χ1v) is 8.60. The number of hydrogen-bond donors (Lipinski definition) is 1. The lowest BCUT2D eigenvalue weighted by Gasteiger charge is -2.17. The highest BCUT2D eigenvalue weighted by Crippen LogP contribution is 2.17. The molecule has 1 atom stereocenters. The smallest absolute Gasteiger partial charge is 0.326 e. The van der Waals surface area contributed by atoms with Gasteiger partial charge in [0.05, 0.1) is 11.5 Å². The van der Waals surface area contributed by atoms with Gasteiger partial charge in [0, 0.05) is 6.26 Å². The average Bonchev–Trinajstić information content (AvgIpc) is 2.43. The van der Waals surface area contributed by atoms with Crippen molar-refractivity contribution in [3.8, 4) is 5.75 Å². The van der Waals surface area contributed by atoms with E-state index in [1.165, 1.54) is 12.1 Å². The fraction of sp³-hybridized carbons (Fsp3) is 0.500. The third-order valence-electron chi connectivity index (χ3n) is 2.67. The molecule has 1 aromatic rings. The minimum absolute atomic E-state index is 0.0693. The molecule has 0 aliphatic rings. The Morgan fingerprint density at radius 2 is 2.05 bits per heavy atom. The molecule has 118 valence electrons. The van der Waals surface area contributed by atoms with Crippen LogP contribution in [0.2, 0.25) is 0 Å². The number of ether oxygens (including phenoxy) is 2. The van der Waals surface area contributed by atoms with Crippen molar-refractivity contribution in [3.05, 3.63) is 24.3 Å². The van der Waals surface area contributed by atoms with E-state index in [0.29, 0.717) is 18.9 Å². The van der Waals surface area contributed by atoms with E-state index in [-0.39, 0.29) is 11.5 Å². The second-order valence-corrected chi connectivity index (χ2v) is 6.44. The summed E-state index contributed by atoms with van der Waals surface area (Å²) in [6, 6.07) is 5.58. The monoisotopic (exact) mass is 315 g/mol. The van der Waals surface area contributed by atoms with Gasteiger partial charge in [-0.2, -0.15) is 0 Å². The zero-order chi connectivity index (χ0) is 15.9. The third kappa shape index (κ3) is 5.73. The zero-order valence-corrected chi connectivity index (χ0v) is 13.3. The SMILES string of the molecule is CCNC(COc1cccc(S(C)(=O)=O)c1)C(=O)OCC. The maximum Gasteiger partial charge on any atom is 0.326 e. The number of hydrogen-bond acceptors (Lipinski definition) is 6. The molecule has 0 aliphatic heterocycles. The first-order valence-electron chi connectivity index (χ1n) is 6.71. The van der Waals surface area contributed by atoms with Crippen LogP contribution in [0, 0.1) is 0 Å². The Bertz CT molecular complexity index is 570. The van der Waals surface area contributed by atoms with Crippen molar-refractivity contribution in [1.29, 1.82) is 0 Å². The molecule has 1 unspecified atom stereocenters. The molecule has 6 nitrogen and oxygen atoms in total. The number of nitrogens with one attached hydrogen (secondary N) is 1. The lowest BCUT2D eigenvalue weighted by Crippen LogP contribution is -2.42. The molecule has 0 aromatic heterocycles. The van der Waals surface area contributed by atoms with Crippen LogP contribution in [0.1, 0.15) is 13.8 Å². The van der Waals surface area contributed by atoms with E-state index in [0.717, 1.165) is 6.26 Å². The first kappa shape index (κ1) is 17.5. The fourth-order valence-corrected chi connectivity index (χ4v) is 2.33. The lowest BCUT2D eigenvalue weighted by molar-refractivity contribution is -0.146. The minimum Gasteiger partial charge on any atom is -0.491 e. The molecule has 0 aliphatic carbocycles. The summed E-state index contributed by atoms with van der Waals surface area (Å²) in [5.74, 6) is 0.00347. The highest BCUT2D eigenvalue weighted by molar-refractivity contribution is 7.90. The molecule has 7 heteroatoms. The Hall–Kier alpha value is -1.60. The predicted octanol–water partition coefficient (Wildman–Crippen LogP) is 1.01. The van der Waals surface area contributed by atoms with Crippen LogP contribution in [0.5, 0.6) is 5.75 Å². The summed E-state index contributed by atoms with van der Waals surface area (Å²) in [4.78, 5) is 11.9. The van der Waals surface area contributed by atoms with Crippen LogP contribution in [0.25, 0.3) is 0 Å². The average molecular weight is 315 g/mol. The van der Waals surface area contributed by atoms with Crippen molar-refractivity contribution < 1.29 is 22.7 Å². The maximum absolute atomic E-state index is 11.7. The van der Waals surface area contributed by atoms with Crippen molar-refractivity contribution in [2.75, 3.05) is 26.0 Å². The van der Waals surface area contributed by atoms with E-state index in [2.05, 4.69) is 5.32 Å². The summed E-state index contributed by atoms with van der Waals surface area (Å²) in [5.41, 5.74) is 0. The molecular weight excluding hydrogens is 294 g/mol. The largest absolute Gasteiger partial charge is 0.491 e. The van der Waals surface area contributed by atoms with E-state index in [1.54, 1.807) is 19.1 Å². The van der Waals surface area contributed by atoms with E-state index in [4.69, 9.17) is 9.47 Å². The summed E-state index contributed by atoms with van der Waals surface area (Å²) < 4.78 is 33.4. The van der Waals surface area contributed by atoms with Crippen LogP contribution < -0.4 is 10.1 Å². The molecule has 1 rings (SSSR count). The van der Waals surface area contributed by atoms with Crippen LogP contribution in [0.4, 0.5) is 0 Å². The van der Waals surface area contributed by atoms with Gasteiger partial charge < -0.3 is 14.8 Å². The molecule has 0 radical (unpaired) electrons. The number of sulfone groups is 1. The minimum atomic E-state index is -3.29. The summed E-state index contributed by atoms with van der Waals surface area (Å²) >= 11 is 0. The van der Waals surface area contributed by atoms with Gasteiger partial charge in [0.15, 0.2) is 9.84 Å². The van der Waals surface area contributed by atoms with Crippen molar-refractivity contribution in [1.82, 2.24) is 5.32 Å². The Morgan fingerprint density at radius 1 is 1.33 bits per heavy atom. The summed E-state index contributed by atoms with van der Waals surface area (Å²) in [5, 5.41) is 2.96. The van der Waals surface area contributed by atoms with Gasteiger partial charge in [-0.25, -0.2) is 8.42 Å². The Kier molecular flexibility index (Phi) is 6.64. The molecule has 0 fully saturated rings. The summed E-state index contributed by atoms with van der Waals surface area (Å²) in [6.45, 7) is 4.56. The Balaban J connectivity index is 2.74. The molecule has 0 heterocycles. The van der Waals surface area contributed by atoms with Gasteiger partial charge in [0.25, 0.3) is 0 Å². The number of carbonyl (C=O) groups excluding carboxylic acids is 1. The Morgan fingerprint density at radius 3 is 2.62 bits per heavy atom. The predicted molar refractivity (Wildman–Crippen MR) is 79.1 cm³/mol. The van der Waals surface area contributed by atoms with Crippen LogP contribution in [-0.2, 0) is 19.4 Å². The zero-order valence-electron chi connectivity index (χ0n) is 12.5. The molecule has 0 bridgehead atoms. The normalized spacial score (nSPS) is 12.7. The van der Waals surface area contributed by atoms with Crippen LogP contribution in [-0.4, -0.2) is 46.4 Å². The molecule has 1 aromatic carbocycles. The highest BCUT2D eigenvalue weighted by atomic mass is 32.2. The number of likely N-dealkylation sites (N-methyl/N-ethyl adjacent to an activating group) is 1. The third-order valence-corrected chi connectivity index (χ3v) is 3.78. The molecule has 21 heavy (non-hydrogen) atoms. The van der Waals surface area contributed by atoms with Crippen LogP contribution in [0.3, 0.4) is 0 Å². The lowest BCUT2D eigenvalue weighted by atomic mass is 10.3. The second-order valence-electron chi connectivity index (χ2n) is 4.42. The molecule has 0 spiro atoms. The van der Waals surface area contributed by atoms with E-state index >= 15 is 0 Å². The molecular formula is C14H21NO5S. The molecule has 0 saturated heterocycles. The quantitative estimate of drug-likeness (QED) is 0.721. The molecule has 1 N–H and O–H groups in total. The second kappa shape index (κ2) is 7.99. The summed E-state index contributed by atoms with van der Waals surface area (Å²) in [6.07, 6.45) is 1.13. The standard InChI is InChI=1S/C14H21NO5S/c1-4-15-13(14(16)19-5-2)10-20-11-7-6-8-12(9-11)21(3,17)18/h6-9,13,15H,4-5,10H2,1-3H3. The summed E-state index contributed by atoms with van der Waals surface area (Å²) in [7, 11) is -3.29. The van der Waals surface area contributed by atoms with Crippen LogP contribution in [0.15, 0.2) is 29.2 Å². The number of esters is 1. The van der Waals surface area contributed by atoms with Crippen LogP contribution >= 0.6 is 0 Å². The first-order chi connectivity index (χ1) is 9.88. The molecule has 0 saturated carbocycles. The van der Waals surface area contributed by atoms with Gasteiger partial charge in [0.2, 0.25) is 0 Å². The van der Waals surface area contributed by atoms with E-state index in [9.17, 15) is 13.2 Å². The van der Waals surface area contributed by atoms with E-state index in [1.807, 2.05) is 6.92 Å². The van der Waals surface area contributed by atoms with Crippen molar-refractivity contribution in [2.24, 2.45) is 0 Å². The van der Waals surface area contributed by atoms with Gasteiger partial charge in [0.1, 0.15) is 18.4 Å². The fourth-order valence-electron chi connectivity index (χ4n) is 1.67.